The van der Waals surface area contributed by atoms with Gasteiger partial charge in [-0.25, -0.2) is 0 Å². The summed E-state index contributed by atoms with van der Waals surface area (Å²) < 4.78 is 10.5. The molecule has 0 aliphatic heterocycles. The molecular weight excluding hydrogens is 256 g/mol. The van der Waals surface area contributed by atoms with Crippen molar-refractivity contribution >= 4 is 16.9 Å². The van der Waals surface area contributed by atoms with Crippen LogP contribution in [0.4, 0.5) is 0 Å². The zero-order valence-electron chi connectivity index (χ0n) is 11.0. The van der Waals surface area contributed by atoms with Gasteiger partial charge in [0, 0.05) is 23.9 Å². The van der Waals surface area contributed by atoms with Crippen LogP contribution >= 0.6 is 0 Å². The fourth-order valence-corrected chi connectivity index (χ4v) is 2.12. The summed E-state index contributed by atoms with van der Waals surface area (Å²) in [7, 11) is 0. The highest BCUT2D eigenvalue weighted by molar-refractivity contribution is 5.91. The van der Waals surface area contributed by atoms with E-state index < -0.39 is 0 Å². The summed E-state index contributed by atoms with van der Waals surface area (Å²) in [4.78, 5) is 11.8. The Bertz CT molecular complexity index is 683. The minimum Gasteiger partial charge on any atom is -0.461 e. The molecule has 1 aromatic carbocycles. The number of nitrogens with one attached hydrogen (secondary N) is 1. The minimum absolute atomic E-state index is 0.0619. The van der Waals surface area contributed by atoms with E-state index in [0.717, 1.165) is 16.7 Å². The largest absolute Gasteiger partial charge is 0.461 e. The van der Waals surface area contributed by atoms with Gasteiger partial charge in [0.1, 0.15) is 11.3 Å². The molecule has 102 valence electrons. The number of para-hydroxylation sites is 1. The molecule has 5 nitrogen and oxygen atoms in total. The molecule has 2 aromatic heterocycles. The Morgan fingerprint density at radius 2 is 2.20 bits per heavy atom. The van der Waals surface area contributed by atoms with Gasteiger partial charge in [0.25, 0.3) is 5.91 Å². The van der Waals surface area contributed by atoms with Crippen LogP contribution < -0.4 is 5.32 Å². The summed E-state index contributed by atoms with van der Waals surface area (Å²) in [6.45, 7) is 1.92. The second-order valence-electron chi connectivity index (χ2n) is 4.71. The number of fused-ring (bicyclic) bond motifs is 1. The molecule has 1 unspecified atom stereocenters. The number of nitrogens with zero attached hydrogens (tertiary/aromatic N) is 1. The van der Waals surface area contributed by atoms with Crippen LogP contribution in [0.25, 0.3) is 11.0 Å². The predicted octanol–water partition coefficient (Wildman–Crippen LogP) is 2.78. The molecule has 0 aliphatic carbocycles. The highest BCUT2D eigenvalue weighted by Gasteiger charge is 2.14. The number of aromatic nitrogens is 1. The Kier molecular flexibility index (Phi) is 3.25. The Balaban J connectivity index is 1.66. The summed E-state index contributed by atoms with van der Waals surface area (Å²) in [6, 6.07) is 11.3. The molecule has 1 amide bonds. The zero-order chi connectivity index (χ0) is 13.9. The standard InChI is InChI=1S/C15H14N2O3/c1-10(17-15(18)14-6-7-16-20-14)8-12-9-11-4-2-3-5-13(11)19-12/h2-7,9-10H,8H2,1H3,(H,17,18). The number of hydrogen-bond acceptors (Lipinski definition) is 4. The van der Waals surface area contributed by atoms with Gasteiger partial charge in [0.2, 0.25) is 5.76 Å². The first kappa shape index (κ1) is 12.5. The maximum atomic E-state index is 11.8. The van der Waals surface area contributed by atoms with Gasteiger partial charge in [0.05, 0.1) is 6.20 Å². The Morgan fingerprint density at radius 1 is 1.35 bits per heavy atom. The van der Waals surface area contributed by atoms with E-state index in [1.54, 1.807) is 0 Å². The molecule has 1 N–H and O–H groups in total. The number of carbonyl (C=O) groups is 1. The van der Waals surface area contributed by atoms with Crippen LogP contribution in [0.2, 0.25) is 0 Å². The van der Waals surface area contributed by atoms with Crippen molar-refractivity contribution in [1.82, 2.24) is 10.5 Å². The third-order valence-electron chi connectivity index (χ3n) is 3.02. The summed E-state index contributed by atoms with van der Waals surface area (Å²) in [6.07, 6.45) is 2.06. The molecule has 0 spiro atoms. The van der Waals surface area contributed by atoms with Crippen LogP contribution in [0.5, 0.6) is 0 Å². The Labute approximate surface area is 115 Å². The lowest BCUT2D eigenvalue weighted by atomic mass is 10.1. The summed E-state index contributed by atoms with van der Waals surface area (Å²) in [5.41, 5.74) is 0.858. The smallest absolute Gasteiger partial charge is 0.290 e. The minimum atomic E-state index is -0.272. The van der Waals surface area contributed by atoms with E-state index in [-0.39, 0.29) is 17.7 Å². The van der Waals surface area contributed by atoms with Crippen molar-refractivity contribution in [3.8, 4) is 0 Å². The lowest BCUT2D eigenvalue weighted by molar-refractivity contribution is 0.0902. The first-order valence-electron chi connectivity index (χ1n) is 6.41. The predicted molar refractivity (Wildman–Crippen MR) is 73.3 cm³/mol. The Morgan fingerprint density at radius 3 is 2.95 bits per heavy atom. The van der Waals surface area contributed by atoms with E-state index in [1.165, 1.54) is 12.3 Å². The molecule has 20 heavy (non-hydrogen) atoms. The summed E-state index contributed by atoms with van der Waals surface area (Å²) >= 11 is 0. The average Bonchev–Trinajstić information content (AvgIpc) is 3.07. The van der Waals surface area contributed by atoms with Crippen LogP contribution in [0.1, 0.15) is 23.2 Å². The van der Waals surface area contributed by atoms with E-state index in [9.17, 15) is 4.79 Å². The second kappa shape index (κ2) is 5.21. The summed E-state index contributed by atoms with van der Waals surface area (Å²) in [5.74, 6) is 0.782. The molecule has 1 atom stereocenters. The van der Waals surface area contributed by atoms with Crippen molar-refractivity contribution in [2.24, 2.45) is 0 Å². The van der Waals surface area contributed by atoms with Gasteiger partial charge in [-0.2, -0.15) is 0 Å². The molecule has 0 bridgehead atoms. The number of amides is 1. The molecule has 0 saturated carbocycles. The van der Waals surface area contributed by atoms with Gasteiger partial charge in [-0.1, -0.05) is 23.4 Å². The molecule has 0 fully saturated rings. The molecule has 0 aliphatic rings. The van der Waals surface area contributed by atoms with E-state index in [1.807, 2.05) is 37.3 Å². The maximum Gasteiger partial charge on any atom is 0.290 e. The molecule has 2 heterocycles. The SMILES string of the molecule is CC(Cc1cc2ccccc2o1)NC(=O)c1ccno1. The number of furan rings is 1. The van der Waals surface area contributed by atoms with E-state index in [0.29, 0.717) is 6.42 Å². The summed E-state index contributed by atoms with van der Waals surface area (Å²) in [5, 5.41) is 7.42. The van der Waals surface area contributed by atoms with E-state index in [4.69, 9.17) is 8.94 Å². The van der Waals surface area contributed by atoms with Gasteiger partial charge >= 0.3 is 0 Å². The van der Waals surface area contributed by atoms with Gasteiger partial charge in [-0.15, -0.1) is 0 Å². The number of benzene rings is 1. The topological polar surface area (TPSA) is 68.3 Å². The molecule has 3 rings (SSSR count). The van der Waals surface area contributed by atoms with Gasteiger partial charge in [0.15, 0.2) is 0 Å². The molecule has 3 aromatic rings. The van der Waals surface area contributed by atoms with Gasteiger partial charge < -0.3 is 14.3 Å². The highest BCUT2D eigenvalue weighted by atomic mass is 16.5. The molecule has 0 saturated heterocycles. The maximum absolute atomic E-state index is 11.8. The van der Waals surface area contributed by atoms with Crippen LogP contribution in [-0.2, 0) is 6.42 Å². The van der Waals surface area contributed by atoms with Crippen LogP contribution in [0.15, 0.2) is 51.5 Å². The third-order valence-corrected chi connectivity index (χ3v) is 3.02. The van der Waals surface area contributed by atoms with Crippen molar-refractivity contribution < 1.29 is 13.7 Å². The van der Waals surface area contributed by atoms with E-state index in [2.05, 4.69) is 10.5 Å². The van der Waals surface area contributed by atoms with Crippen LogP contribution in [-0.4, -0.2) is 17.1 Å². The molecule has 0 radical (unpaired) electrons. The van der Waals surface area contributed by atoms with Crippen molar-refractivity contribution in [3.05, 3.63) is 54.1 Å². The van der Waals surface area contributed by atoms with Crippen LogP contribution in [0, 0.1) is 0 Å². The third kappa shape index (κ3) is 2.56. The normalized spacial score (nSPS) is 12.4. The number of carbonyl (C=O) groups excluding carboxylic acids is 1. The average molecular weight is 270 g/mol. The molecule has 5 heteroatoms. The van der Waals surface area contributed by atoms with Crippen molar-refractivity contribution in [3.63, 3.8) is 0 Å². The number of hydrogen-bond donors (Lipinski definition) is 1. The van der Waals surface area contributed by atoms with Crippen molar-refractivity contribution in [2.45, 2.75) is 19.4 Å². The Hall–Kier alpha value is -2.56. The highest BCUT2D eigenvalue weighted by Crippen LogP contribution is 2.19. The first-order chi connectivity index (χ1) is 9.72. The molecular formula is C15H14N2O3. The van der Waals surface area contributed by atoms with E-state index >= 15 is 0 Å². The van der Waals surface area contributed by atoms with Gasteiger partial charge in [-0.3, -0.25) is 4.79 Å². The first-order valence-corrected chi connectivity index (χ1v) is 6.41. The van der Waals surface area contributed by atoms with Gasteiger partial charge in [-0.05, 0) is 19.1 Å². The lowest BCUT2D eigenvalue weighted by Gasteiger charge is -2.10. The monoisotopic (exact) mass is 270 g/mol. The number of rotatable bonds is 4. The van der Waals surface area contributed by atoms with Crippen LogP contribution in [0.3, 0.4) is 0 Å². The lowest BCUT2D eigenvalue weighted by Crippen LogP contribution is -2.33. The quantitative estimate of drug-likeness (QED) is 0.791. The zero-order valence-corrected chi connectivity index (χ0v) is 11.0. The fourth-order valence-electron chi connectivity index (χ4n) is 2.12. The van der Waals surface area contributed by atoms with Crippen molar-refractivity contribution in [1.29, 1.82) is 0 Å². The fraction of sp³-hybridized carbons (Fsp3) is 0.200. The second-order valence-corrected chi connectivity index (χ2v) is 4.71. The van der Waals surface area contributed by atoms with Crippen molar-refractivity contribution in [2.75, 3.05) is 0 Å².